The minimum absolute atomic E-state index is 0.124. The monoisotopic (exact) mass is 697 g/mol. The van der Waals surface area contributed by atoms with Gasteiger partial charge in [0.1, 0.15) is 6.54 Å². The maximum Gasteiger partial charge on any atom is 0.408 e. The maximum atomic E-state index is 13.8. The van der Waals surface area contributed by atoms with Crippen molar-refractivity contribution in [3.63, 3.8) is 0 Å². The van der Waals surface area contributed by atoms with Crippen LogP contribution in [0, 0.1) is 11.3 Å². The molecule has 2 unspecified atom stereocenters. The van der Waals surface area contributed by atoms with Gasteiger partial charge in [0.25, 0.3) is 0 Å². The van der Waals surface area contributed by atoms with E-state index in [2.05, 4.69) is 106 Å². The molecule has 3 aliphatic carbocycles. The van der Waals surface area contributed by atoms with E-state index in [0.29, 0.717) is 11.0 Å². The van der Waals surface area contributed by atoms with E-state index in [0.717, 1.165) is 43.8 Å². The number of carbonyl (C=O) groups excluding carboxylic acids is 1. The molecule has 3 aliphatic rings. The summed E-state index contributed by atoms with van der Waals surface area (Å²) in [6.07, 6.45) is 7.19. The number of carbonyl (C=O) groups is 1. The zero-order chi connectivity index (χ0) is 36.0. The van der Waals surface area contributed by atoms with Crippen molar-refractivity contribution in [3.8, 4) is 0 Å². The molecular formula is C37H62F3NO4Si2. The van der Waals surface area contributed by atoms with Crippen molar-refractivity contribution >= 4 is 22.5 Å². The van der Waals surface area contributed by atoms with E-state index in [9.17, 15) is 18.0 Å². The standard InChI is InChI=1S/C37H62F3NO4Si2/c1-15-30-20-21-31-28(17-16-22-35(30,31)10)18-19-29-23-36(45-47(13,14)34(7,8)9,44-41(27(3)42)25-37(38,39)40)24-32(26(29)2)43-46(11,12)33(4,5)6/h18-20,31-32H,2,15-17,21-25H2,1,3-14H3/t31?,32-,35+,36?/m0/s1. The third-order valence-corrected chi connectivity index (χ3v) is 20.8. The Labute approximate surface area is 285 Å². The van der Waals surface area contributed by atoms with Crippen LogP contribution < -0.4 is 0 Å². The Morgan fingerprint density at radius 2 is 1.66 bits per heavy atom. The second-order valence-electron chi connectivity index (χ2n) is 17.4. The Balaban J connectivity index is 2.19. The quantitative estimate of drug-likeness (QED) is 0.104. The van der Waals surface area contributed by atoms with Gasteiger partial charge in [-0.2, -0.15) is 13.2 Å². The largest absolute Gasteiger partial charge is 0.410 e. The number of nitrogens with zero attached hydrogens (tertiary/aromatic N) is 1. The molecular weight excluding hydrogens is 636 g/mol. The first kappa shape index (κ1) is 40.0. The highest BCUT2D eigenvalue weighted by molar-refractivity contribution is 6.74. The predicted molar refractivity (Wildman–Crippen MR) is 191 cm³/mol. The number of hydrogen-bond donors (Lipinski definition) is 0. The van der Waals surface area contributed by atoms with Gasteiger partial charge in [0, 0.05) is 19.8 Å². The number of fused-ring (bicyclic) bond motifs is 1. The van der Waals surface area contributed by atoms with Crippen LogP contribution >= 0.6 is 0 Å². The van der Waals surface area contributed by atoms with Gasteiger partial charge in [-0.25, -0.2) is 9.90 Å². The molecule has 0 radical (unpaired) electrons. The van der Waals surface area contributed by atoms with Crippen molar-refractivity contribution in [1.82, 2.24) is 5.06 Å². The molecule has 2 fully saturated rings. The Bertz CT molecular complexity index is 1290. The topological polar surface area (TPSA) is 48.0 Å². The number of allylic oxidation sites excluding steroid dienone is 5. The maximum absolute atomic E-state index is 13.8. The van der Waals surface area contributed by atoms with Gasteiger partial charge >= 0.3 is 6.18 Å². The molecule has 1 amide bonds. The lowest BCUT2D eigenvalue weighted by atomic mass is 9.64. The second-order valence-corrected chi connectivity index (χ2v) is 26.9. The van der Waals surface area contributed by atoms with Crippen LogP contribution in [0.25, 0.3) is 0 Å². The summed E-state index contributed by atoms with van der Waals surface area (Å²) < 4.78 is 55.4. The molecule has 0 saturated heterocycles. The number of rotatable bonds is 9. The molecule has 2 saturated carbocycles. The summed E-state index contributed by atoms with van der Waals surface area (Å²) in [4.78, 5) is 19.0. The molecule has 0 aliphatic heterocycles. The number of halogens is 3. The van der Waals surface area contributed by atoms with Crippen LogP contribution in [0.2, 0.25) is 36.3 Å². The normalized spacial score (nSPS) is 29.7. The summed E-state index contributed by atoms with van der Waals surface area (Å²) >= 11 is 0. The van der Waals surface area contributed by atoms with Gasteiger partial charge in [0.05, 0.1) is 6.10 Å². The first-order chi connectivity index (χ1) is 21.2. The molecule has 268 valence electrons. The molecule has 0 aromatic heterocycles. The smallest absolute Gasteiger partial charge is 0.408 e. The molecule has 0 aromatic rings. The average molecular weight is 698 g/mol. The lowest BCUT2D eigenvalue weighted by Gasteiger charge is -2.51. The highest BCUT2D eigenvalue weighted by Crippen LogP contribution is 2.56. The van der Waals surface area contributed by atoms with Gasteiger partial charge in [-0.15, -0.1) is 0 Å². The highest BCUT2D eigenvalue weighted by atomic mass is 28.4. The lowest BCUT2D eigenvalue weighted by molar-refractivity contribution is -0.334. The van der Waals surface area contributed by atoms with Crippen LogP contribution in [-0.2, 0) is 18.5 Å². The van der Waals surface area contributed by atoms with Gasteiger partial charge in [-0.05, 0) is 90.8 Å². The van der Waals surface area contributed by atoms with Crippen LogP contribution in [-0.4, -0.2) is 52.2 Å². The van der Waals surface area contributed by atoms with Crippen molar-refractivity contribution in [1.29, 1.82) is 0 Å². The molecule has 0 aromatic carbocycles. The van der Waals surface area contributed by atoms with Gasteiger partial charge in [0.2, 0.25) is 5.91 Å². The summed E-state index contributed by atoms with van der Waals surface area (Å²) in [5.41, 5.74) is 4.72. The molecule has 0 N–H and O–H groups in total. The molecule has 10 heteroatoms. The summed E-state index contributed by atoms with van der Waals surface area (Å²) in [5, 5.41) is 0.0361. The van der Waals surface area contributed by atoms with Crippen LogP contribution in [0.4, 0.5) is 13.2 Å². The second kappa shape index (κ2) is 13.7. The van der Waals surface area contributed by atoms with E-state index in [1.165, 1.54) is 17.6 Å². The van der Waals surface area contributed by atoms with Gasteiger partial charge < -0.3 is 8.85 Å². The summed E-state index contributed by atoms with van der Waals surface area (Å²) in [6.45, 7) is 29.9. The van der Waals surface area contributed by atoms with Crippen molar-refractivity contribution in [2.24, 2.45) is 11.3 Å². The molecule has 0 spiro atoms. The van der Waals surface area contributed by atoms with E-state index in [1.807, 2.05) is 0 Å². The van der Waals surface area contributed by atoms with E-state index in [4.69, 9.17) is 13.7 Å². The number of hydrogen-bond acceptors (Lipinski definition) is 4. The minimum Gasteiger partial charge on any atom is -0.410 e. The zero-order valence-corrected chi connectivity index (χ0v) is 33.5. The predicted octanol–water partition coefficient (Wildman–Crippen LogP) is 11.2. The molecule has 5 nitrogen and oxygen atoms in total. The Hall–Kier alpha value is -1.47. The van der Waals surface area contributed by atoms with Crippen LogP contribution in [0.3, 0.4) is 0 Å². The Kier molecular flexibility index (Phi) is 11.6. The van der Waals surface area contributed by atoms with Crippen molar-refractivity contribution in [2.75, 3.05) is 6.54 Å². The highest BCUT2D eigenvalue weighted by Gasteiger charge is 2.54. The van der Waals surface area contributed by atoms with Crippen molar-refractivity contribution < 1.29 is 31.7 Å². The van der Waals surface area contributed by atoms with Crippen LogP contribution in [0.1, 0.15) is 107 Å². The average Bonchev–Trinajstić information content (AvgIpc) is 3.23. The van der Waals surface area contributed by atoms with Gasteiger partial charge in [-0.3, -0.25) is 4.79 Å². The fourth-order valence-electron chi connectivity index (χ4n) is 6.92. The molecule has 0 bridgehead atoms. The number of hydroxylamine groups is 2. The molecule has 4 atom stereocenters. The number of amides is 1. The molecule has 3 rings (SSSR count). The third kappa shape index (κ3) is 9.02. The Morgan fingerprint density at radius 1 is 1.06 bits per heavy atom. The summed E-state index contributed by atoms with van der Waals surface area (Å²) in [7, 11) is -5.05. The lowest BCUT2D eigenvalue weighted by Crippen LogP contribution is -2.59. The SMILES string of the molecule is C=C1C(=CC=C2CCC[C@]3(C)C(CC)=CCC23)CC(ON(CC(F)(F)F)C(C)=O)(O[Si](C)(C)C(C)(C)C)C[C@@H]1O[Si](C)(C)C(C)(C)C. The van der Waals surface area contributed by atoms with Gasteiger partial charge in [0.15, 0.2) is 22.4 Å². The first-order valence-corrected chi connectivity index (χ1v) is 23.2. The first-order valence-electron chi connectivity index (χ1n) is 17.4. The summed E-state index contributed by atoms with van der Waals surface area (Å²) in [6, 6.07) is 0. The van der Waals surface area contributed by atoms with E-state index in [1.54, 1.807) is 0 Å². The molecule has 47 heavy (non-hydrogen) atoms. The number of alkyl halides is 3. The van der Waals surface area contributed by atoms with Crippen LogP contribution in [0.5, 0.6) is 0 Å². The van der Waals surface area contributed by atoms with Gasteiger partial charge in [-0.1, -0.05) is 91.3 Å². The van der Waals surface area contributed by atoms with Crippen LogP contribution in [0.15, 0.2) is 47.1 Å². The van der Waals surface area contributed by atoms with E-state index < -0.39 is 47.2 Å². The fourth-order valence-corrected chi connectivity index (χ4v) is 9.64. The van der Waals surface area contributed by atoms with E-state index >= 15 is 0 Å². The zero-order valence-electron chi connectivity index (χ0n) is 31.5. The molecule has 0 heterocycles. The van der Waals surface area contributed by atoms with E-state index in [-0.39, 0.29) is 28.3 Å². The fraction of sp³-hybridized carbons (Fsp3) is 0.757. The van der Waals surface area contributed by atoms with Crippen molar-refractivity contribution in [3.05, 3.63) is 47.1 Å². The Morgan fingerprint density at radius 3 is 2.17 bits per heavy atom. The third-order valence-electron chi connectivity index (χ3n) is 11.8. The minimum atomic E-state index is -4.65. The summed E-state index contributed by atoms with van der Waals surface area (Å²) in [5.74, 6) is -1.96. The van der Waals surface area contributed by atoms with Crippen molar-refractivity contribution in [2.45, 2.75) is 162 Å².